The summed E-state index contributed by atoms with van der Waals surface area (Å²) in [6.45, 7) is 0.774. The molecule has 2 aliphatic heterocycles. The molecule has 0 bridgehead atoms. The molecular weight excluding hydrogens is 278 g/mol. The maximum Gasteiger partial charge on any atom is 0.307 e. The first-order valence-corrected chi connectivity index (χ1v) is 6.53. The van der Waals surface area contributed by atoms with Gasteiger partial charge < -0.3 is 18.9 Å². The van der Waals surface area contributed by atoms with Crippen molar-refractivity contribution in [2.24, 2.45) is 5.41 Å². The molecule has 2 heterocycles. The van der Waals surface area contributed by atoms with Crippen molar-refractivity contribution in [2.45, 2.75) is 18.9 Å². The van der Waals surface area contributed by atoms with Crippen molar-refractivity contribution in [1.29, 1.82) is 5.59 Å². The van der Waals surface area contributed by atoms with E-state index in [0.717, 1.165) is 23.5 Å². The fourth-order valence-electron chi connectivity index (χ4n) is 3.47. The summed E-state index contributed by atoms with van der Waals surface area (Å²) in [5.74, 6) is 1.36. The lowest BCUT2D eigenvalue weighted by Crippen LogP contribution is -2.27. The Morgan fingerprint density at radius 1 is 1.29 bits per heavy atom. The van der Waals surface area contributed by atoms with Gasteiger partial charge in [0, 0.05) is 18.1 Å². The first-order valence-electron chi connectivity index (χ1n) is 6.53. The maximum absolute atomic E-state index is 11.6. The molecule has 0 amide bonds. The first kappa shape index (κ1) is 13.8. The third-order valence-corrected chi connectivity index (χ3v) is 4.19. The van der Waals surface area contributed by atoms with Crippen LogP contribution in [0.2, 0.25) is 0 Å². The number of carbonyl (C=O) groups excluding carboxylic acids is 1. The number of fused-ring (bicyclic) bond motifs is 4. The summed E-state index contributed by atoms with van der Waals surface area (Å²) in [5.41, 5.74) is 6.44. The Morgan fingerprint density at radius 2 is 2.00 bits per heavy atom. The smallest absolute Gasteiger partial charge is 0.307 e. The molecule has 112 valence electrons. The van der Waals surface area contributed by atoms with Crippen LogP contribution in [-0.2, 0) is 20.7 Å². The maximum atomic E-state index is 11.6. The van der Waals surface area contributed by atoms with Gasteiger partial charge in [-0.2, -0.15) is 4.91 Å². The molecule has 4 rings (SSSR count). The van der Waals surface area contributed by atoms with E-state index in [2.05, 4.69) is 5.59 Å². The summed E-state index contributed by atoms with van der Waals surface area (Å²) < 4.78 is 21.6. The highest BCUT2D eigenvalue weighted by atomic mass is 16.7. The van der Waals surface area contributed by atoms with Crippen LogP contribution in [0.5, 0.6) is 11.5 Å². The summed E-state index contributed by atoms with van der Waals surface area (Å²) in [5, 5.41) is 0. The summed E-state index contributed by atoms with van der Waals surface area (Å²) in [6, 6.07) is 3.94. The highest BCUT2D eigenvalue weighted by molar-refractivity contribution is 5.75. The third-order valence-electron chi connectivity index (χ3n) is 4.19. The predicted molar refractivity (Wildman–Crippen MR) is 70.1 cm³/mol. The Bertz CT molecular complexity index is 589. The summed E-state index contributed by atoms with van der Waals surface area (Å²) >= 11 is 0. The van der Waals surface area contributed by atoms with E-state index in [1.54, 1.807) is 7.11 Å². The highest BCUT2D eigenvalue weighted by Gasteiger charge is 2.55. The number of esters is 1. The molecule has 1 aromatic carbocycles. The number of ether oxygens (including phenoxy) is 4. The molecule has 0 radical (unpaired) electrons. The number of carbonyl (C=O) groups is 1. The minimum atomic E-state index is -0.261. The van der Waals surface area contributed by atoms with Crippen LogP contribution in [0.1, 0.15) is 23.7 Å². The highest BCUT2D eigenvalue weighted by Crippen LogP contribution is 2.56. The van der Waals surface area contributed by atoms with Crippen LogP contribution in [0, 0.1) is 15.9 Å². The second-order valence-electron chi connectivity index (χ2n) is 5.42. The summed E-state index contributed by atoms with van der Waals surface area (Å²) in [6.07, 6.45) is 0.972. The standard InChI is InChI=1S/C14H14O5.HNO/c1-16-6-14-4-8-2-10-11(18-7-17-10)3-9(8)13(14)19-12(15)5-14;1-2/h2-3,13H,4-7H2,1H3;1H/t13?,14-;/m1./s1. The van der Waals surface area contributed by atoms with E-state index in [4.69, 9.17) is 23.9 Å². The molecule has 1 aliphatic carbocycles. The number of hydrogen-bond donors (Lipinski definition) is 1. The van der Waals surface area contributed by atoms with Crippen LogP contribution in [0.25, 0.3) is 0 Å². The second-order valence-corrected chi connectivity index (χ2v) is 5.42. The second kappa shape index (κ2) is 5.00. The predicted octanol–water partition coefficient (Wildman–Crippen LogP) is 1.92. The molecular formula is C14H15NO6. The Hall–Kier alpha value is -2.15. The van der Waals surface area contributed by atoms with E-state index in [1.807, 2.05) is 12.1 Å². The van der Waals surface area contributed by atoms with E-state index < -0.39 is 0 Å². The van der Waals surface area contributed by atoms with Crippen molar-refractivity contribution >= 4 is 5.97 Å². The molecule has 0 aromatic heterocycles. The molecule has 1 unspecified atom stereocenters. The molecule has 1 fully saturated rings. The van der Waals surface area contributed by atoms with E-state index in [-0.39, 0.29) is 24.3 Å². The van der Waals surface area contributed by atoms with Crippen LogP contribution in [0.3, 0.4) is 0 Å². The van der Waals surface area contributed by atoms with Crippen molar-refractivity contribution in [1.82, 2.24) is 0 Å². The van der Waals surface area contributed by atoms with Gasteiger partial charge in [-0.05, 0) is 24.1 Å². The zero-order valence-electron chi connectivity index (χ0n) is 11.5. The molecule has 2 atom stereocenters. The number of rotatable bonds is 2. The van der Waals surface area contributed by atoms with Crippen molar-refractivity contribution in [2.75, 3.05) is 20.5 Å². The van der Waals surface area contributed by atoms with Gasteiger partial charge in [0.15, 0.2) is 11.5 Å². The van der Waals surface area contributed by atoms with Crippen molar-refractivity contribution < 1.29 is 23.7 Å². The molecule has 7 heteroatoms. The molecule has 1 saturated heterocycles. The average Bonchev–Trinajstić information content (AvgIpc) is 3.10. The SMILES string of the molecule is COC[C@@]12CC(=O)OC1c1cc3c(cc1C2)OCO3.N=O. The summed E-state index contributed by atoms with van der Waals surface area (Å²) in [4.78, 5) is 19.1. The number of nitrogens with one attached hydrogen (secondary N) is 1. The van der Waals surface area contributed by atoms with Gasteiger partial charge in [0.05, 0.1) is 13.0 Å². The Balaban J connectivity index is 0.000000636. The molecule has 7 nitrogen and oxygen atoms in total. The largest absolute Gasteiger partial charge is 0.457 e. The van der Waals surface area contributed by atoms with Gasteiger partial charge in [-0.1, -0.05) is 5.59 Å². The van der Waals surface area contributed by atoms with Crippen LogP contribution >= 0.6 is 0 Å². The monoisotopic (exact) mass is 293 g/mol. The van der Waals surface area contributed by atoms with Crippen molar-refractivity contribution in [3.8, 4) is 11.5 Å². The number of hydrogen-bond acceptors (Lipinski definition) is 7. The topological polar surface area (TPSA) is 94.9 Å². The average molecular weight is 293 g/mol. The van der Waals surface area contributed by atoms with Crippen molar-refractivity contribution in [3.05, 3.63) is 28.2 Å². The van der Waals surface area contributed by atoms with Gasteiger partial charge in [-0.25, -0.2) is 0 Å². The van der Waals surface area contributed by atoms with Gasteiger partial charge in [-0.3, -0.25) is 4.79 Å². The normalized spacial score (nSPS) is 27.5. The number of methoxy groups -OCH3 is 1. The fraction of sp³-hybridized carbons (Fsp3) is 0.500. The van der Waals surface area contributed by atoms with Crippen LogP contribution < -0.4 is 9.47 Å². The lowest BCUT2D eigenvalue weighted by atomic mass is 9.82. The molecule has 3 aliphatic rings. The fourth-order valence-corrected chi connectivity index (χ4v) is 3.47. The summed E-state index contributed by atoms with van der Waals surface area (Å²) in [7, 11) is 1.66. The van der Waals surface area contributed by atoms with Gasteiger partial charge >= 0.3 is 5.97 Å². The van der Waals surface area contributed by atoms with Gasteiger partial charge in [0.25, 0.3) is 0 Å². The minimum Gasteiger partial charge on any atom is -0.457 e. The minimum absolute atomic E-state index is 0.148. The molecule has 0 spiro atoms. The molecule has 1 N–H and O–H groups in total. The first-order chi connectivity index (χ1) is 10.2. The lowest BCUT2D eigenvalue weighted by Gasteiger charge is -2.24. The van der Waals surface area contributed by atoms with Crippen LogP contribution in [0.4, 0.5) is 0 Å². The molecule has 1 aromatic rings. The third kappa shape index (κ3) is 1.96. The van der Waals surface area contributed by atoms with E-state index in [9.17, 15) is 4.79 Å². The lowest BCUT2D eigenvalue weighted by molar-refractivity contribution is -0.142. The Morgan fingerprint density at radius 3 is 2.71 bits per heavy atom. The quantitative estimate of drug-likeness (QED) is 0.661. The van der Waals surface area contributed by atoms with Crippen LogP contribution in [-0.4, -0.2) is 26.5 Å². The zero-order valence-corrected chi connectivity index (χ0v) is 11.5. The van der Waals surface area contributed by atoms with Gasteiger partial charge in [-0.15, -0.1) is 0 Å². The van der Waals surface area contributed by atoms with Crippen molar-refractivity contribution in [3.63, 3.8) is 0 Å². The van der Waals surface area contributed by atoms with Gasteiger partial charge in [0.2, 0.25) is 6.79 Å². The van der Waals surface area contributed by atoms with E-state index in [1.165, 1.54) is 5.56 Å². The number of benzene rings is 1. The van der Waals surface area contributed by atoms with Crippen LogP contribution in [0.15, 0.2) is 12.1 Å². The van der Waals surface area contributed by atoms with E-state index >= 15 is 0 Å². The zero-order chi connectivity index (χ0) is 15.0. The Kier molecular flexibility index (Phi) is 3.29. The molecule has 0 saturated carbocycles. The van der Waals surface area contributed by atoms with Gasteiger partial charge in [0.1, 0.15) is 6.10 Å². The Labute approximate surface area is 120 Å². The van der Waals surface area contributed by atoms with E-state index in [0.29, 0.717) is 13.0 Å². The number of nitroso groups, excluding NO2 is 1. The molecule has 21 heavy (non-hydrogen) atoms.